The normalized spacial score (nSPS) is 18.1. The molecule has 1 heterocycles. The van der Waals surface area contributed by atoms with E-state index in [0.717, 1.165) is 5.92 Å². The van der Waals surface area contributed by atoms with E-state index in [9.17, 15) is 0 Å². The molecule has 1 fully saturated rings. The maximum Gasteiger partial charge on any atom is 0.00252 e. The monoisotopic (exact) mass is 189 g/mol. The fraction of sp³-hybridized carbons (Fsp3) is 0.538. The number of nitrogens with zero attached hydrogens (tertiary/aromatic N) is 1. The van der Waals surface area contributed by atoms with E-state index in [0.29, 0.717) is 0 Å². The second-order valence-electron chi connectivity index (χ2n) is 4.32. The van der Waals surface area contributed by atoms with Crippen LogP contribution >= 0.6 is 0 Å². The highest BCUT2D eigenvalue weighted by atomic mass is 15.2. The molecule has 0 aromatic heterocycles. The molecule has 0 bridgehead atoms. The van der Waals surface area contributed by atoms with E-state index in [4.69, 9.17) is 0 Å². The highest BCUT2D eigenvalue weighted by Crippen LogP contribution is 2.20. The first-order chi connectivity index (χ1) is 6.88. The van der Waals surface area contributed by atoms with Gasteiger partial charge in [-0.15, -0.1) is 0 Å². The molecular formula is C13H19N. The van der Waals surface area contributed by atoms with Gasteiger partial charge in [0.15, 0.2) is 0 Å². The quantitative estimate of drug-likeness (QED) is 0.703. The first-order valence-electron chi connectivity index (χ1n) is 5.64. The van der Waals surface area contributed by atoms with Crippen molar-refractivity contribution in [2.24, 2.45) is 5.92 Å². The lowest BCUT2D eigenvalue weighted by atomic mass is 9.92. The van der Waals surface area contributed by atoms with E-state index in [-0.39, 0.29) is 0 Å². The summed E-state index contributed by atoms with van der Waals surface area (Å²) < 4.78 is 0. The van der Waals surface area contributed by atoms with Crippen LogP contribution in [0.2, 0.25) is 0 Å². The molecule has 1 saturated heterocycles. The summed E-state index contributed by atoms with van der Waals surface area (Å²) >= 11 is 0. The van der Waals surface area contributed by atoms with E-state index in [1.807, 2.05) is 0 Å². The van der Waals surface area contributed by atoms with Gasteiger partial charge in [0.05, 0.1) is 0 Å². The van der Waals surface area contributed by atoms with Crippen LogP contribution in [-0.2, 0) is 6.42 Å². The van der Waals surface area contributed by atoms with Gasteiger partial charge in [-0.05, 0) is 30.9 Å². The third-order valence-corrected chi connectivity index (χ3v) is 2.94. The van der Waals surface area contributed by atoms with Gasteiger partial charge < -0.3 is 4.90 Å². The first-order valence-corrected chi connectivity index (χ1v) is 5.64. The van der Waals surface area contributed by atoms with Crippen LogP contribution < -0.4 is 0 Å². The average Bonchev–Trinajstić information content (AvgIpc) is 2.16. The molecule has 0 radical (unpaired) electrons. The zero-order valence-corrected chi connectivity index (χ0v) is 8.95. The van der Waals surface area contributed by atoms with E-state index >= 15 is 0 Å². The maximum absolute atomic E-state index is 2.55. The van der Waals surface area contributed by atoms with Gasteiger partial charge in [-0.1, -0.05) is 37.3 Å². The molecule has 0 saturated carbocycles. The van der Waals surface area contributed by atoms with Crippen molar-refractivity contribution in [2.45, 2.75) is 19.8 Å². The Balaban J connectivity index is 1.74. The zero-order valence-electron chi connectivity index (χ0n) is 8.95. The minimum Gasteiger partial charge on any atom is -0.303 e. The molecule has 14 heavy (non-hydrogen) atoms. The van der Waals surface area contributed by atoms with Gasteiger partial charge in [-0.2, -0.15) is 0 Å². The third-order valence-electron chi connectivity index (χ3n) is 2.94. The molecule has 0 atom stereocenters. The second-order valence-corrected chi connectivity index (χ2v) is 4.32. The minimum atomic E-state index is 0.906. The molecule has 0 spiro atoms. The van der Waals surface area contributed by atoms with Crippen molar-refractivity contribution in [1.82, 2.24) is 4.90 Å². The summed E-state index contributed by atoms with van der Waals surface area (Å²) in [4.78, 5) is 2.55. The Morgan fingerprint density at radius 3 is 2.57 bits per heavy atom. The van der Waals surface area contributed by atoms with Crippen LogP contribution in [0, 0.1) is 5.92 Å². The van der Waals surface area contributed by atoms with E-state index < -0.39 is 0 Å². The Hall–Kier alpha value is -0.820. The number of benzene rings is 1. The molecule has 0 aliphatic carbocycles. The lowest BCUT2D eigenvalue weighted by Gasteiger charge is -2.39. The maximum atomic E-state index is 2.55. The van der Waals surface area contributed by atoms with Crippen LogP contribution in [0.15, 0.2) is 30.3 Å². The first kappa shape index (κ1) is 9.72. The molecule has 0 N–H and O–H groups in total. The van der Waals surface area contributed by atoms with Crippen LogP contribution in [0.5, 0.6) is 0 Å². The summed E-state index contributed by atoms with van der Waals surface area (Å²) in [7, 11) is 0. The van der Waals surface area contributed by atoms with E-state index in [1.54, 1.807) is 0 Å². The number of hydrogen-bond donors (Lipinski definition) is 0. The van der Waals surface area contributed by atoms with Gasteiger partial charge in [0.2, 0.25) is 0 Å². The van der Waals surface area contributed by atoms with Crippen LogP contribution in [0.25, 0.3) is 0 Å². The van der Waals surface area contributed by atoms with Gasteiger partial charge >= 0.3 is 0 Å². The van der Waals surface area contributed by atoms with Gasteiger partial charge in [-0.25, -0.2) is 0 Å². The molecule has 1 heteroatoms. The lowest BCUT2D eigenvalue weighted by Crippen LogP contribution is -2.47. The molecule has 1 aliphatic heterocycles. The smallest absolute Gasteiger partial charge is 0.00252 e. The summed E-state index contributed by atoms with van der Waals surface area (Å²) in [5, 5.41) is 0. The van der Waals surface area contributed by atoms with Crippen molar-refractivity contribution in [3.8, 4) is 0 Å². The number of likely N-dealkylation sites (tertiary alicyclic amines) is 1. The SMILES string of the molecule is CCCN1CC(Cc2ccccc2)C1. The van der Waals surface area contributed by atoms with Crippen LogP contribution in [0.3, 0.4) is 0 Å². The summed E-state index contributed by atoms with van der Waals surface area (Å²) in [5.41, 5.74) is 1.49. The van der Waals surface area contributed by atoms with Gasteiger partial charge in [0.25, 0.3) is 0 Å². The Kier molecular flexibility index (Phi) is 3.20. The van der Waals surface area contributed by atoms with E-state index in [1.165, 1.54) is 38.0 Å². The van der Waals surface area contributed by atoms with Crippen molar-refractivity contribution in [1.29, 1.82) is 0 Å². The van der Waals surface area contributed by atoms with Gasteiger partial charge in [0.1, 0.15) is 0 Å². The Morgan fingerprint density at radius 1 is 1.21 bits per heavy atom. The van der Waals surface area contributed by atoms with Crippen molar-refractivity contribution in [3.05, 3.63) is 35.9 Å². The van der Waals surface area contributed by atoms with Crippen LogP contribution in [-0.4, -0.2) is 24.5 Å². The molecule has 1 aliphatic rings. The number of rotatable bonds is 4. The summed E-state index contributed by atoms with van der Waals surface area (Å²) in [6.07, 6.45) is 2.55. The fourth-order valence-electron chi connectivity index (χ4n) is 2.25. The lowest BCUT2D eigenvalue weighted by molar-refractivity contribution is 0.101. The average molecular weight is 189 g/mol. The molecule has 1 aromatic rings. The highest BCUT2D eigenvalue weighted by Gasteiger charge is 2.25. The minimum absolute atomic E-state index is 0.906. The van der Waals surface area contributed by atoms with Gasteiger partial charge in [0, 0.05) is 13.1 Å². The number of hydrogen-bond acceptors (Lipinski definition) is 1. The Morgan fingerprint density at radius 2 is 1.93 bits per heavy atom. The molecule has 1 nitrogen and oxygen atoms in total. The van der Waals surface area contributed by atoms with Crippen molar-refractivity contribution in [3.63, 3.8) is 0 Å². The second kappa shape index (κ2) is 4.61. The predicted octanol–water partition coefficient (Wildman–Crippen LogP) is 2.57. The third kappa shape index (κ3) is 2.36. The molecule has 1 aromatic carbocycles. The largest absolute Gasteiger partial charge is 0.303 e. The molecular weight excluding hydrogens is 170 g/mol. The van der Waals surface area contributed by atoms with Crippen LogP contribution in [0.1, 0.15) is 18.9 Å². The molecule has 76 valence electrons. The van der Waals surface area contributed by atoms with Crippen molar-refractivity contribution >= 4 is 0 Å². The summed E-state index contributed by atoms with van der Waals surface area (Å²) in [5.74, 6) is 0.906. The Labute approximate surface area is 86.7 Å². The van der Waals surface area contributed by atoms with E-state index in [2.05, 4.69) is 42.2 Å². The fourth-order valence-corrected chi connectivity index (χ4v) is 2.25. The summed E-state index contributed by atoms with van der Waals surface area (Å²) in [6.45, 7) is 6.15. The Bertz CT molecular complexity index is 262. The van der Waals surface area contributed by atoms with Crippen molar-refractivity contribution < 1.29 is 0 Å². The predicted molar refractivity (Wildman–Crippen MR) is 60.4 cm³/mol. The molecule has 0 amide bonds. The van der Waals surface area contributed by atoms with Crippen molar-refractivity contribution in [2.75, 3.05) is 19.6 Å². The standard InChI is InChI=1S/C13H19N/c1-2-8-14-10-13(11-14)9-12-6-4-3-5-7-12/h3-7,13H,2,8-11H2,1H3. The topological polar surface area (TPSA) is 3.24 Å². The summed E-state index contributed by atoms with van der Waals surface area (Å²) in [6, 6.07) is 10.8. The molecule has 2 rings (SSSR count). The van der Waals surface area contributed by atoms with Crippen LogP contribution in [0.4, 0.5) is 0 Å². The highest BCUT2D eigenvalue weighted by molar-refractivity contribution is 5.15. The molecule has 0 unspecified atom stereocenters. The zero-order chi connectivity index (χ0) is 9.80. The van der Waals surface area contributed by atoms with Gasteiger partial charge in [-0.3, -0.25) is 0 Å².